The Balaban J connectivity index is 1.68. The van der Waals surface area contributed by atoms with Crippen LogP contribution in [0.2, 0.25) is 0 Å². The zero-order valence-corrected chi connectivity index (χ0v) is 12.2. The molecule has 1 amide bonds. The summed E-state index contributed by atoms with van der Waals surface area (Å²) in [5.74, 6) is 0.226. The van der Waals surface area contributed by atoms with E-state index < -0.39 is 0 Å². The van der Waals surface area contributed by atoms with Crippen LogP contribution in [0.25, 0.3) is 0 Å². The number of carbonyl (C=O) groups is 1. The molecule has 3 heterocycles. The van der Waals surface area contributed by atoms with E-state index in [9.17, 15) is 4.79 Å². The van der Waals surface area contributed by atoms with Gasteiger partial charge in [0.15, 0.2) is 0 Å². The van der Waals surface area contributed by atoms with Gasteiger partial charge in [-0.3, -0.25) is 14.4 Å². The molecule has 1 aromatic rings. The first kappa shape index (κ1) is 13.6. The van der Waals surface area contributed by atoms with E-state index in [4.69, 9.17) is 4.74 Å². The molecule has 6 heteroatoms. The number of fused-ring (bicyclic) bond motifs is 1. The first-order valence-corrected chi connectivity index (χ1v) is 7.28. The Hall–Kier alpha value is -1.40. The fourth-order valence-electron chi connectivity index (χ4n) is 3.17. The van der Waals surface area contributed by atoms with Crippen LogP contribution in [0.4, 0.5) is 0 Å². The molecule has 0 unspecified atom stereocenters. The molecule has 0 aliphatic carbocycles. The third-order valence-electron chi connectivity index (χ3n) is 4.22. The second kappa shape index (κ2) is 5.54. The molecule has 110 valence electrons. The summed E-state index contributed by atoms with van der Waals surface area (Å²) in [5, 5.41) is 4.22. The molecule has 0 aromatic carbocycles. The van der Waals surface area contributed by atoms with E-state index in [0.29, 0.717) is 12.5 Å². The van der Waals surface area contributed by atoms with Gasteiger partial charge in [0.2, 0.25) is 5.91 Å². The van der Waals surface area contributed by atoms with Crippen LogP contribution in [0.1, 0.15) is 18.9 Å². The fourth-order valence-corrected chi connectivity index (χ4v) is 3.17. The average Bonchev–Trinajstić information content (AvgIpc) is 3.05. The molecule has 2 atom stereocenters. The van der Waals surface area contributed by atoms with Crippen LogP contribution in [-0.2, 0) is 23.1 Å². The number of aromatic nitrogens is 2. The van der Waals surface area contributed by atoms with Crippen molar-refractivity contribution < 1.29 is 9.53 Å². The number of rotatable bonds is 3. The van der Waals surface area contributed by atoms with Gasteiger partial charge >= 0.3 is 0 Å². The summed E-state index contributed by atoms with van der Waals surface area (Å²) < 4.78 is 7.67. The molecule has 2 fully saturated rings. The monoisotopic (exact) mass is 278 g/mol. The lowest BCUT2D eigenvalue weighted by Crippen LogP contribution is -2.50. The predicted molar refractivity (Wildman–Crippen MR) is 74.0 cm³/mol. The van der Waals surface area contributed by atoms with E-state index in [1.165, 1.54) is 5.56 Å². The fraction of sp³-hybridized carbons (Fsp3) is 0.714. The van der Waals surface area contributed by atoms with Gasteiger partial charge in [0.1, 0.15) is 0 Å². The molecule has 0 radical (unpaired) electrons. The summed E-state index contributed by atoms with van der Waals surface area (Å²) in [6.45, 7) is 5.99. The maximum Gasteiger partial charge on any atom is 0.222 e. The smallest absolute Gasteiger partial charge is 0.222 e. The van der Waals surface area contributed by atoms with E-state index in [-0.39, 0.29) is 12.0 Å². The van der Waals surface area contributed by atoms with Crippen LogP contribution in [0.5, 0.6) is 0 Å². The molecule has 2 saturated heterocycles. The summed E-state index contributed by atoms with van der Waals surface area (Å²) in [6, 6.07) is 0.319. The van der Waals surface area contributed by atoms with Gasteiger partial charge in [-0.25, -0.2) is 0 Å². The number of aryl methyl sites for hydroxylation is 1. The van der Waals surface area contributed by atoms with Crippen molar-refractivity contribution >= 4 is 5.91 Å². The Labute approximate surface area is 119 Å². The molecule has 0 spiro atoms. The molecule has 6 nitrogen and oxygen atoms in total. The maximum absolute atomic E-state index is 11.9. The SMILES string of the molecule is CCC(=O)N1C[C@@H]2OCCN(Cc3cnn(C)c3)[C@@H]2C1. The molecular formula is C14H22N4O2. The van der Waals surface area contributed by atoms with Crippen LogP contribution in [-0.4, -0.2) is 63.9 Å². The van der Waals surface area contributed by atoms with Gasteiger partial charge < -0.3 is 9.64 Å². The second-order valence-corrected chi connectivity index (χ2v) is 5.62. The molecule has 0 N–H and O–H groups in total. The van der Waals surface area contributed by atoms with Crippen LogP contribution in [0.15, 0.2) is 12.4 Å². The molecule has 2 aliphatic rings. The highest BCUT2D eigenvalue weighted by molar-refractivity contribution is 5.76. The second-order valence-electron chi connectivity index (χ2n) is 5.62. The first-order chi connectivity index (χ1) is 9.67. The summed E-state index contributed by atoms with van der Waals surface area (Å²) in [7, 11) is 1.93. The third kappa shape index (κ3) is 2.58. The van der Waals surface area contributed by atoms with Gasteiger partial charge in [-0.2, -0.15) is 5.10 Å². The van der Waals surface area contributed by atoms with Crippen molar-refractivity contribution in [3.63, 3.8) is 0 Å². The molecule has 3 rings (SSSR count). The highest BCUT2D eigenvalue weighted by Gasteiger charge is 2.41. The molecule has 20 heavy (non-hydrogen) atoms. The topological polar surface area (TPSA) is 50.6 Å². The Kier molecular flexibility index (Phi) is 3.76. The van der Waals surface area contributed by atoms with E-state index in [2.05, 4.69) is 10.00 Å². The predicted octanol–water partition coefficient (Wildman–Crippen LogP) is 0.242. The summed E-state index contributed by atoms with van der Waals surface area (Å²) in [4.78, 5) is 16.2. The number of likely N-dealkylation sites (tertiary alicyclic amines) is 1. The van der Waals surface area contributed by atoms with Crippen molar-refractivity contribution in [3.05, 3.63) is 18.0 Å². The summed E-state index contributed by atoms with van der Waals surface area (Å²) in [6.07, 6.45) is 4.70. The van der Waals surface area contributed by atoms with Crippen LogP contribution < -0.4 is 0 Å². The van der Waals surface area contributed by atoms with Crippen molar-refractivity contribution in [2.24, 2.45) is 7.05 Å². The normalized spacial score (nSPS) is 26.8. The maximum atomic E-state index is 11.9. The quantitative estimate of drug-likeness (QED) is 0.795. The zero-order valence-electron chi connectivity index (χ0n) is 12.2. The summed E-state index contributed by atoms with van der Waals surface area (Å²) in [5.41, 5.74) is 1.22. The van der Waals surface area contributed by atoms with Gasteiger partial charge in [-0.15, -0.1) is 0 Å². The number of morpholine rings is 1. The minimum Gasteiger partial charge on any atom is -0.373 e. The molecule has 2 aliphatic heterocycles. The highest BCUT2D eigenvalue weighted by atomic mass is 16.5. The van der Waals surface area contributed by atoms with Crippen molar-refractivity contribution in [2.75, 3.05) is 26.2 Å². The van der Waals surface area contributed by atoms with Crippen LogP contribution >= 0.6 is 0 Å². The van der Waals surface area contributed by atoms with E-state index in [0.717, 1.165) is 32.8 Å². The Bertz CT molecular complexity index is 487. The molecule has 0 bridgehead atoms. The van der Waals surface area contributed by atoms with Crippen molar-refractivity contribution in [2.45, 2.75) is 32.0 Å². The minimum atomic E-state index is 0.163. The van der Waals surface area contributed by atoms with Crippen LogP contribution in [0, 0.1) is 0 Å². The van der Waals surface area contributed by atoms with E-state index >= 15 is 0 Å². The van der Waals surface area contributed by atoms with Gasteiger partial charge in [0.05, 0.1) is 24.9 Å². The number of hydrogen-bond acceptors (Lipinski definition) is 4. The molecule has 0 saturated carbocycles. The van der Waals surface area contributed by atoms with Crippen molar-refractivity contribution in [1.82, 2.24) is 19.6 Å². The Morgan fingerprint density at radius 3 is 3.05 bits per heavy atom. The number of hydrogen-bond donors (Lipinski definition) is 0. The van der Waals surface area contributed by atoms with E-state index in [1.54, 1.807) is 0 Å². The van der Waals surface area contributed by atoms with Crippen LogP contribution in [0.3, 0.4) is 0 Å². The largest absolute Gasteiger partial charge is 0.373 e. The minimum absolute atomic E-state index is 0.163. The third-order valence-corrected chi connectivity index (χ3v) is 4.22. The van der Waals surface area contributed by atoms with E-state index in [1.807, 2.05) is 35.9 Å². The summed E-state index contributed by atoms with van der Waals surface area (Å²) >= 11 is 0. The molecular weight excluding hydrogens is 256 g/mol. The van der Waals surface area contributed by atoms with Crippen molar-refractivity contribution in [3.8, 4) is 0 Å². The van der Waals surface area contributed by atoms with Crippen molar-refractivity contribution in [1.29, 1.82) is 0 Å². The Morgan fingerprint density at radius 1 is 1.50 bits per heavy atom. The van der Waals surface area contributed by atoms with Gasteiger partial charge in [0, 0.05) is 51.4 Å². The van der Waals surface area contributed by atoms with Gasteiger partial charge in [-0.1, -0.05) is 6.92 Å². The van der Waals surface area contributed by atoms with Gasteiger partial charge in [0.25, 0.3) is 0 Å². The number of amides is 1. The molecule has 1 aromatic heterocycles. The lowest BCUT2D eigenvalue weighted by molar-refractivity contribution is -0.130. The lowest BCUT2D eigenvalue weighted by atomic mass is 10.1. The Morgan fingerprint density at radius 2 is 2.35 bits per heavy atom. The first-order valence-electron chi connectivity index (χ1n) is 7.28. The standard InChI is InChI=1S/C14H22N4O2/c1-3-14(19)18-9-12-13(10-18)20-5-4-17(12)8-11-6-15-16(2)7-11/h6-7,12-13H,3-5,8-10H2,1-2H3/t12-,13+/m1/s1. The lowest BCUT2D eigenvalue weighted by Gasteiger charge is -2.36. The number of nitrogens with zero attached hydrogens (tertiary/aromatic N) is 4. The number of ether oxygens (including phenoxy) is 1. The zero-order chi connectivity index (χ0) is 14.1. The van der Waals surface area contributed by atoms with Gasteiger partial charge in [-0.05, 0) is 0 Å². The highest BCUT2D eigenvalue weighted by Crippen LogP contribution is 2.24. The number of carbonyl (C=O) groups excluding carboxylic acids is 1. The average molecular weight is 278 g/mol.